The number of ketones is 1. The van der Waals surface area contributed by atoms with E-state index in [0.29, 0.717) is 5.75 Å². The van der Waals surface area contributed by atoms with Crippen LogP contribution in [0, 0.1) is 12.8 Å². The number of amides is 2. The zero-order valence-corrected chi connectivity index (χ0v) is 15.6. The van der Waals surface area contributed by atoms with Crippen LogP contribution >= 0.6 is 0 Å². The molecule has 30 heavy (non-hydrogen) atoms. The topological polar surface area (TPSA) is 96.9 Å². The lowest BCUT2D eigenvalue weighted by Gasteiger charge is -2.45. The van der Waals surface area contributed by atoms with E-state index in [-0.39, 0.29) is 23.7 Å². The highest BCUT2D eigenvalue weighted by Crippen LogP contribution is 2.44. The molecule has 7 nitrogen and oxygen atoms in total. The van der Waals surface area contributed by atoms with Crippen LogP contribution in [-0.4, -0.2) is 29.9 Å². The second kappa shape index (κ2) is 6.91. The summed E-state index contributed by atoms with van der Waals surface area (Å²) in [5.74, 6) is -3.64. The molecule has 0 radical (unpaired) electrons. The number of aryl methyl sites for hydroxylation is 1. The summed E-state index contributed by atoms with van der Waals surface area (Å²) in [6.07, 6.45) is -5.25. The van der Waals surface area contributed by atoms with Gasteiger partial charge in [-0.15, -0.1) is 0 Å². The number of Topliss-reactive ketones (excluding diaryl/α,β-unsaturated/α-hetero) is 1. The van der Waals surface area contributed by atoms with Gasteiger partial charge in [-0.3, -0.25) is 4.79 Å². The molecule has 0 aliphatic carbocycles. The third-order valence-electron chi connectivity index (χ3n) is 5.18. The standard InChI is InChI=1S/C20H17F3N2O5/c1-10-2-5-12(6-3-10)19(28)15(17(26)20(21,22)23)16(24-18(27)25-19)11-4-7-13-14(8-11)30-9-29-13/h2-8,15-16,28H,9H2,1H3,(H2,24,25,27). The molecule has 10 heteroatoms. The van der Waals surface area contributed by atoms with Gasteiger partial charge in [-0.1, -0.05) is 35.9 Å². The Morgan fingerprint density at radius 3 is 2.47 bits per heavy atom. The molecule has 2 aromatic rings. The quantitative estimate of drug-likeness (QED) is 0.707. The maximum atomic E-state index is 13.5. The first-order chi connectivity index (χ1) is 14.1. The SMILES string of the molecule is Cc1ccc(C2(O)NC(=O)NC(c3ccc4c(c3)OCO4)C2C(=O)C(F)(F)F)cc1. The van der Waals surface area contributed by atoms with Gasteiger partial charge in [0, 0.05) is 5.56 Å². The molecule has 3 unspecified atom stereocenters. The molecule has 0 aromatic heterocycles. The largest absolute Gasteiger partial charge is 0.454 e. The lowest BCUT2D eigenvalue weighted by Crippen LogP contribution is -2.66. The van der Waals surface area contributed by atoms with Crippen molar-refractivity contribution in [1.82, 2.24) is 10.6 Å². The van der Waals surface area contributed by atoms with Crippen molar-refractivity contribution in [1.29, 1.82) is 0 Å². The molecular weight excluding hydrogens is 405 g/mol. The molecule has 0 saturated carbocycles. The summed E-state index contributed by atoms with van der Waals surface area (Å²) < 4.78 is 51.0. The smallest absolute Gasteiger partial charge is 0.450 e. The van der Waals surface area contributed by atoms with Gasteiger partial charge in [-0.2, -0.15) is 13.2 Å². The number of hydrogen-bond donors (Lipinski definition) is 3. The summed E-state index contributed by atoms with van der Waals surface area (Å²) in [5, 5.41) is 15.7. The second-order valence-corrected chi connectivity index (χ2v) is 7.16. The number of fused-ring (bicyclic) bond motifs is 1. The molecule has 158 valence electrons. The van der Waals surface area contributed by atoms with Crippen molar-refractivity contribution < 1.29 is 37.3 Å². The molecule has 2 amide bonds. The molecule has 0 bridgehead atoms. The molecule has 4 rings (SSSR count). The van der Waals surface area contributed by atoms with Gasteiger partial charge < -0.3 is 25.2 Å². The summed E-state index contributed by atoms with van der Waals surface area (Å²) in [5.41, 5.74) is -1.70. The van der Waals surface area contributed by atoms with E-state index in [2.05, 4.69) is 10.6 Å². The zero-order valence-electron chi connectivity index (χ0n) is 15.6. The summed E-state index contributed by atoms with van der Waals surface area (Å²) in [6, 6.07) is 7.72. The van der Waals surface area contributed by atoms with Crippen molar-refractivity contribution in [2.75, 3.05) is 6.79 Å². The molecule has 2 aromatic carbocycles. The predicted octanol–water partition coefficient (Wildman–Crippen LogP) is 2.67. The van der Waals surface area contributed by atoms with Gasteiger partial charge >= 0.3 is 12.2 Å². The lowest BCUT2D eigenvalue weighted by molar-refractivity contribution is -0.190. The number of nitrogens with one attached hydrogen (secondary N) is 2. The molecule has 0 spiro atoms. The summed E-state index contributed by atoms with van der Waals surface area (Å²) in [7, 11) is 0. The first-order valence-corrected chi connectivity index (χ1v) is 8.98. The van der Waals surface area contributed by atoms with Gasteiger partial charge in [0.1, 0.15) is 5.92 Å². The number of ether oxygens (including phenoxy) is 2. The number of carbonyl (C=O) groups is 2. The van der Waals surface area contributed by atoms with E-state index >= 15 is 0 Å². The van der Waals surface area contributed by atoms with E-state index in [1.165, 1.54) is 30.3 Å². The maximum Gasteiger partial charge on any atom is 0.450 e. The minimum absolute atomic E-state index is 0.0451. The van der Waals surface area contributed by atoms with E-state index in [4.69, 9.17) is 9.47 Å². The van der Waals surface area contributed by atoms with Crippen molar-refractivity contribution >= 4 is 11.8 Å². The van der Waals surface area contributed by atoms with E-state index < -0.39 is 35.7 Å². The van der Waals surface area contributed by atoms with Crippen LogP contribution in [0.3, 0.4) is 0 Å². The number of halogens is 3. The molecule has 3 atom stereocenters. The highest BCUT2D eigenvalue weighted by Gasteiger charge is 2.59. The van der Waals surface area contributed by atoms with Crippen molar-refractivity contribution in [2.45, 2.75) is 24.9 Å². The molecule has 1 fully saturated rings. The molecule has 2 heterocycles. The predicted molar refractivity (Wildman–Crippen MR) is 96.6 cm³/mol. The van der Waals surface area contributed by atoms with Crippen LogP contribution < -0.4 is 20.1 Å². The molecular formula is C20H17F3N2O5. The average molecular weight is 422 g/mol. The number of rotatable bonds is 3. The Labute approximate surface area is 168 Å². The van der Waals surface area contributed by atoms with E-state index in [9.17, 15) is 27.9 Å². The third-order valence-corrected chi connectivity index (χ3v) is 5.18. The highest BCUT2D eigenvalue weighted by molar-refractivity contribution is 5.91. The van der Waals surface area contributed by atoms with Crippen LogP contribution in [-0.2, 0) is 10.5 Å². The van der Waals surface area contributed by atoms with Crippen molar-refractivity contribution in [2.24, 2.45) is 5.92 Å². The van der Waals surface area contributed by atoms with Crippen LogP contribution in [0.15, 0.2) is 42.5 Å². The van der Waals surface area contributed by atoms with Crippen molar-refractivity contribution in [3.63, 3.8) is 0 Å². The summed E-state index contributed by atoms with van der Waals surface area (Å²) >= 11 is 0. The number of carbonyl (C=O) groups excluding carboxylic acids is 2. The highest BCUT2D eigenvalue weighted by atomic mass is 19.4. The van der Waals surface area contributed by atoms with Gasteiger partial charge in [0.25, 0.3) is 0 Å². The van der Waals surface area contributed by atoms with Gasteiger partial charge in [-0.25, -0.2) is 4.79 Å². The van der Waals surface area contributed by atoms with Crippen LogP contribution in [0.4, 0.5) is 18.0 Å². The van der Waals surface area contributed by atoms with Crippen molar-refractivity contribution in [3.8, 4) is 11.5 Å². The Hall–Kier alpha value is -3.27. The fourth-order valence-electron chi connectivity index (χ4n) is 3.71. The zero-order chi connectivity index (χ0) is 21.7. The van der Waals surface area contributed by atoms with Gasteiger partial charge in [0.15, 0.2) is 17.2 Å². The second-order valence-electron chi connectivity index (χ2n) is 7.16. The fraction of sp³-hybridized carbons (Fsp3) is 0.300. The Morgan fingerprint density at radius 1 is 1.13 bits per heavy atom. The first kappa shape index (κ1) is 20.0. The van der Waals surface area contributed by atoms with E-state index in [0.717, 1.165) is 5.56 Å². The Bertz CT molecular complexity index is 1010. The number of aliphatic hydroxyl groups is 1. The van der Waals surface area contributed by atoms with Gasteiger partial charge in [0.2, 0.25) is 12.6 Å². The number of alkyl halides is 3. The average Bonchev–Trinajstić information content (AvgIpc) is 3.14. The minimum Gasteiger partial charge on any atom is -0.454 e. The fourth-order valence-corrected chi connectivity index (χ4v) is 3.71. The third kappa shape index (κ3) is 3.32. The van der Waals surface area contributed by atoms with E-state index in [1.54, 1.807) is 19.1 Å². The normalized spacial score (nSPS) is 25.4. The van der Waals surface area contributed by atoms with Crippen LogP contribution in [0.1, 0.15) is 22.7 Å². The number of hydrogen-bond acceptors (Lipinski definition) is 5. The molecule has 2 aliphatic heterocycles. The van der Waals surface area contributed by atoms with E-state index in [1.807, 2.05) is 0 Å². The van der Waals surface area contributed by atoms with Crippen LogP contribution in [0.5, 0.6) is 11.5 Å². The number of benzene rings is 2. The van der Waals surface area contributed by atoms with Crippen LogP contribution in [0.2, 0.25) is 0 Å². The van der Waals surface area contributed by atoms with Crippen molar-refractivity contribution in [3.05, 3.63) is 59.2 Å². The summed E-state index contributed by atoms with van der Waals surface area (Å²) in [4.78, 5) is 24.8. The molecule has 1 saturated heterocycles. The maximum absolute atomic E-state index is 13.5. The monoisotopic (exact) mass is 422 g/mol. The Morgan fingerprint density at radius 2 is 1.80 bits per heavy atom. The minimum atomic E-state index is -5.25. The Kier molecular flexibility index (Phi) is 4.61. The molecule has 2 aliphatic rings. The van der Waals surface area contributed by atoms with Gasteiger partial charge in [0.05, 0.1) is 6.04 Å². The summed E-state index contributed by atoms with van der Waals surface area (Å²) in [6.45, 7) is 1.69. The molecule has 3 N–H and O–H groups in total. The first-order valence-electron chi connectivity index (χ1n) is 8.98. The number of urea groups is 1. The lowest BCUT2D eigenvalue weighted by atomic mass is 9.76. The Balaban J connectivity index is 1.86. The van der Waals surface area contributed by atoms with Crippen LogP contribution in [0.25, 0.3) is 0 Å². The van der Waals surface area contributed by atoms with Gasteiger partial charge in [-0.05, 0) is 24.6 Å².